The van der Waals surface area contributed by atoms with Crippen LogP contribution < -0.4 is 20.7 Å². The Morgan fingerprint density at radius 1 is 1.19 bits per heavy atom. The van der Waals surface area contributed by atoms with Crippen molar-refractivity contribution in [3.05, 3.63) is 36.3 Å². The number of nitrogens with one attached hydrogen (secondary N) is 3. The first-order valence-electron chi connectivity index (χ1n) is 8.15. The minimum atomic E-state index is -0.353. The van der Waals surface area contributed by atoms with Crippen LogP contribution in [0.25, 0.3) is 11.4 Å². The molecule has 1 amide bonds. The Kier molecular flexibility index (Phi) is 5.15. The van der Waals surface area contributed by atoms with Gasteiger partial charge in [0, 0.05) is 27.2 Å². The van der Waals surface area contributed by atoms with E-state index in [1.807, 2.05) is 18.2 Å². The number of hydrogen-bond acceptors (Lipinski definition) is 8. The van der Waals surface area contributed by atoms with Gasteiger partial charge in [-0.15, -0.1) is 10.2 Å². The number of nitrogens with zero attached hydrogens (tertiary/aromatic N) is 5. The van der Waals surface area contributed by atoms with Gasteiger partial charge in [0.2, 0.25) is 0 Å². The standard InChI is InChI=1S/C17H20N8O2/c1-18-13-8-12(14(23-22-13)17(26)19-2)21-11-7-5-6-10(15(11)27-4)16-20-9-25(3)24-16/h5-9H,1-4H3,(H,19,26)(H2,18,21,22). The van der Waals surface area contributed by atoms with Gasteiger partial charge in [-0.25, -0.2) is 4.98 Å². The number of aryl methyl sites for hydroxylation is 1. The number of benzene rings is 1. The van der Waals surface area contributed by atoms with E-state index in [0.717, 1.165) is 5.56 Å². The topological polar surface area (TPSA) is 119 Å². The number of para-hydroxylation sites is 1. The van der Waals surface area contributed by atoms with E-state index in [2.05, 4.69) is 36.2 Å². The van der Waals surface area contributed by atoms with Crippen LogP contribution in [-0.2, 0) is 7.05 Å². The number of aromatic nitrogens is 5. The molecule has 0 aliphatic heterocycles. The van der Waals surface area contributed by atoms with Crippen molar-refractivity contribution in [1.82, 2.24) is 30.3 Å². The molecule has 0 unspecified atom stereocenters. The van der Waals surface area contributed by atoms with Gasteiger partial charge in [0.1, 0.15) is 6.33 Å². The maximum atomic E-state index is 12.1. The lowest BCUT2D eigenvalue weighted by atomic mass is 10.1. The monoisotopic (exact) mass is 368 g/mol. The molecule has 0 spiro atoms. The quantitative estimate of drug-likeness (QED) is 0.598. The molecule has 0 aliphatic carbocycles. The summed E-state index contributed by atoms with van der Waals surface area (Å²) in [4.78, 5) is 16.4. The molecule has 3 aromatic rings. The molecule has 0 aliphatic rings. The molecule has 0 radical (unpaired) electrons. The van der Waals surface area contributed by atoms with E-state index >= 15 is 0 Å². The molecule has 1 aromatic carbocycles. The molecular formula is C17H20N8O2. The SMILES string of the molecule is CNC(=O)c1nnc(NC)cc1Nc1cccc(-c2ncn(C)n2)c1OC. The van der Waals surface area contributed by atoms with Gasteiger partial charge in [0.15, 0.2) is 23.1 Å². The summed E-state index contributed by atoms with van der Waals surface area (Å²) >= 11 is 0. The fraction of sp³-hybridized carbons (Fsp3) is 0.235. The molecule has 0 saturated heterocycles. The molecule has 0 saturated carbocycles. The minimum Gasteiger partial charge on any atom is -0.494 e. The van der Waals surface area contributed by atoms with E-state index in [1.165, 1.54) is 7.05 Å². The normalized spacial score (nSPS) is 10.4. The summed E-state index contributed by atoms with van der Waals surface area (Å²) in [6, 6.07) is 7.24. The largest absolute Gasteiger partial charge is 0.494 e. The van der Waals surface area contributed by atoms with Crippen LogP contribution in [0.2, 0.25) is 0 Å². The third-order valence-electron chi connectivity index (χ3n) is 3.82. The van der Waals surface area contributed by atoms with Crippen LogP contribution in [0.1, 0.15) is 10.5 Å². The third kappa shape index (κ3) is 3.64. The Hall–Kier alpha value is -3.69. The molecule has 2 aromatic heterocycles. The highest BCUT2D eigenvalue weighted by Crippen LogP contribution is 2.36. The van der Waals surface area contributed by atoms with Crippen molar-refractivity contribution in [3.8, 4) is 17.1 Å². The van der Waals surface area contributed by atoms with E-state index in [9.17, 15) is 4.79 Å². The van der Waals surface area contributed by atoms with Crippen molar-refractivity contribution < 1.29 is 9.53 Å². The lowest BCUT2D eigenvalue weighted by molar-refractivity contribution is 0.0958. The lowest BCUT2D eigenvalue weighted by Crippen LogP contribution is -2.21. The van der Waals surface area contributed by atoms with Gasteiger partial charge in [-0.3, -0.25) is 9.48 Å². The number of ether oxygens (including phenoxy) is 1. The highest BCUT2D eigenvalue weighted by molar-refractivity contribution is 5.98. The summed E-state index contributed by atoms with van der Waals surface area (Å²) in [5.41, 5.74) is 2.01. The van der Waals surface area contributed by atoms with Crippen molar-refractivity contribution in [2.45, 2.75) is 0 Å². The summed E-state index contributed by atoms with van der Waals surface area (Å²) in [5, 5.41) is 21.0. The average Bonchev–Trinajstić information content (AvgIpc) is 3.13. The van der Waals surface area contributed by atoms with E-state index in [-0.39, 0.29) is 11.6 Å². The zero-order chi connectivity index (χ0) is 19.4. The predicted octanol–water partition coefficient (Wildman–Crippen LogP) is 1.43. The zero-order valence-electron chi connectivity index (χ0n) is 15.4. The molecule has 10 nitrogen and oxygen atoms in total. The number of methoxy groups -OCH3 is 1. The summed E-state index contributed by atoms with van der Waals surface area (Å²) in [5.74, 6) is 1.25. The smallest absolute Gasteiger partial charge is 0.273 e. The van der Waals surface area contributed by atoms with Gasteiger partial charge in [0.05, 0.1) is 24.0 Å². The molecule has 27 heavy (non-hydrogen) atoms. The van der Waals surface area contributed by atoms with E-state index < -0.39 is 0 Å². The maximum Gasteiger partial charge on any atom is 0.273 e. The number of carbonyl (C=O) groups excluding carboxylic acids is 1. The van der Waals surface area contributed by atoms with Crippen molar-refractivity contribution in [2.24, 2.45) is 7.05 Å². The Morgan fingerprint density at radius 3 is 2.63 bits per heavy atom. The summed E-state index contributed by atoms with van der Waals surface area (Å²) in [6.45, 7) is 0. The van der Waals surface area contributed by atoms with Crippen molar-refractivity contribution in [2.75, 3.05) is 31.8 Å². The maximum absolute atomic E-state index is 12.1. The van der Waals surface area contributed by atoms with Gasteiger partial charge < -0.3 is 20.7 Å². The Bertz CT molecular complexity index is 969. The minimum absolute atomic E-state index is 0.167. The van der Waals surface area contributed by atoms with E-state index in [4.69, 9.17) is 4.74 Å². The van der Waals surface area contributed by atoms with Crippen LogP contribution in [0.3, 0.4) is 0 Å². The first kappa shape index (κ1) is 18.1. The van der Waals surface area contributed by atoms with Crippen molar-refractivity contribution in [1.29, 1.82) is 0 Å². The molecule has 3 rings (SSSR count). The molecule has 10 heteroatoms. The van der Waals surface area contributed by atoms with Crippen LogP contribution in [0.4, 0.5) is 17.2 Å². The lowest BCUT2D eigenvalue weighted by Gasteiger charge is -2.15. The zero-order valence-corrected chi connectivity index (χ0v) is 15.4. The van der Waals surface area contributed by atoms with Crippen molar-refractivity contribution in [3.63, 3.8) is 0 Å². The van der Waals surface area contributed by atoms with Gasteiger partial charge in [-0.1, -0.05) is 6.07 Å². The number of hydrogen-bond donors (Lipinski definition) is 3. The second kappa shape index (κ2) is 7.68. The molecule has 140 valence electrons. The van der Waals surface area contributed by atoms with Crippen LogP contribution >= 0.6 is 0 Å². The second-order valence-electron chi connectivity index (χ2n) is 5.57. The first-order chi connectivity index (χ1) is 13.1. The van der Waals surface area contributed by atoms with Gasteiger partial charge >= 0.3 is 0 Å². The van der Waals surface area contributed by atoms with Crippen LogP contribution in [0, 0.1) is 0 Å². The molecular weight excluding hydrogens is 348 g/mol. The number of anilines is 3. The molecule has 0 bridgehead atoms. The van der Waals surface area contributed by atoms with Crippen molar-refractivity contribution >= 4 is 23.1 Å². The molecule has 3 N–H and O–H groups in total. The number of rotatable bonds is 6. The molecule has 0 atom stereocenters. The summed E-state index contributed by atoms with van der Waals surface area (Å²) in [7, 11) is 6.62. The highest BCUT2D eigenvalue weighted by Gasteiger charge is 2.18. The third-order valence-corrected chi connectivity index (χ3v) is 3.82. The Morgan fingerprint density at radius 2 is 2.00 bits per heavy atom. The molecule has 2 heterocycles. The van der Waals surface area contributed by atoms with E-state index in [1.54, 1.807) is 38.3 Å². The average molecular weight is 368 g/mol. The van der Waals surface area contributed by atoms with Crippen LogP contribution in [0.5, 0.6) is 5.75 Å². The predicted molar refractivity (Wildman–Crippen MR) is 101 cm³/mol. The second-order valence-corrected chi connectivity index (χ2v) is 5.57. The Labute approximate surface area is 156 Å². The summed E-state index contributed by atoms with van der Waals surface area (Å²) in [6.07, 6.45) is 1.62. The van der Waals surface area contributed by atoms with Crippen LogP contribution in [0.15, 0.2) is 30.6 Å². The van der Waals surface area contributed by atoms with Crippen LogP contribution in [-0.4, -0.2) is 52.1 Å². The fourth-order valence-electron chi connectivity index (χ4n) is 2.53. The van der Waals surface area contributed by atoms with E-state index in [0.29, 0.717) is 28.8 Å². The summed E-state index contributed by atoms with van der Waals surface area (Å²) < 4.78 is 7.21. The Balaban J connectivity index is 2.07. The van der Waals surface area contributed by atoms with Gasteiger partial charge in [-0.05, 0) is 12.1 Å². The first-order valence-corrected chi connectivity index (χ1v) is 8.15. The molecule has 0 fully saturated rings. The fourth-order valence-corrected chi connectivity index (χ4v) is 2.53. The van der Waals surface area contributed by atoms with Gasteiger partial charge in [0.25, 0.3) is 5.91 Å². The number of carbonyl (C=O) groups is 1. The van der Waals surface area contributed by atoms with Gasteiger partial charge in [-0.2, -0.15) is 5.10 Å². The number of amides is 1. The highest BCUT2D eigenvalue weighted by atomic mass is 16.5.